The number of halogens is 2. The fraction of sp³-hybridized carbons (Fsp3) is 0.400. The maximum atomic E-state index is 13.7. The van der Waals surface area contributed by atoms with E-state index in [-0.39, 0.29) is 13.2 Å². The average Bonchev–Trinajstić information content (AvgIpc) is 2.78. The first-order valence-electron chi connectivity index (χ1n) is 6.72. The number of aliphatic hydroxyl groups is 1. The highest BCUT2D eigenvalue weighted by Crippen LogP contribution is 2.19. The average molecular weight is 280 g/mol. The number of hydrogen-bond donors (Lipinski definition) is 1. The smallest absolute Gasteiger partial charge is 0.131 e. The van der Waals surface area contributed by atoms with Gasteiger partial charge in [0, 0.05) is 22.9 Å². The Labute approximate surface area is 116 Å². The standard InChI is InChI=1S/C15H18F2N2O/c1-3-14-12(9-20)15(4-2)19(18-14)8-10-5-6-11(16)7-13(10)17/h5-7,20H,3-4,8-9H2,1-2H3. The van der Waals surface area contributed by atoms with Crippen LogP contribution in [0.2, 0.25) is 0 Å². The van der Waals surface area contributed by atoms with Crippen LogP contribution < -0.4 is 0 Å². The van der Waals surface area contributed by atoms with Gasteiger partial charge in [-0.3, -0.25) is 4.68 Å². The van der Waals surface area contributed by atoms with Gasteiger partial charge >= 0.3 is 0 Å². The molecule has 3 nitrogen and oxygen atoms in total. The van der Waals surface area contributed by atoms with Crippen molar-refractivity contribution in [2.24, 2.45) is 0 Å². The van der Waals surface area contributed by atoms with Gasteiger partial charge in [-0.15, -0.1) is 0 Å². The van der Waals surface area contributed by atoms with Crippen molar-refractivity contribution in [1.29, 1.82) is 0 Å². The second-order valence-corrected chi connectivity index (χ2v) is 4.63. The van der Waals surface area contributed by atoms with Crippen molar-refractivity contribution >= 4 is 0 Å². The van der Waals surface area contributed by atoms with Crippen LogP contribution in [-0.2, 0) is 26.0 Å². The maximum absolute atomic E-state index is 13.7. The molecule has 0 unspecified atom stereocenters. The van der Waals surface area contributed by atoms with Gasteiger partial charge in [-0.05, 0) is 18.9 Å². The van der Waals surface area contributed by atoms with Crippen LogP contribution in [0.25, 0.3) is 0 Å². The molecule has 20 heavy (non-hydrogen) atoms. The lowest BCUT2D eigenvalue weighted by Gasteiger charge is -2.08. The minimum atomic E-state index is -0.590. The fourth-order valence-electron chi connectivity index (χ4n) is 2.39. The third-order valence-electron chi connectivity index (χ3n) is 3.41. The highest BCUT2D eigenvalue weighted by atomic mass is 19.1. The molecule has 0 aliphatic rings. The number of aryl methyl sites for hydroxylation is 1. The molecule has 0 bridgehead atoms. The minimum absolute atomic E-state index is 0.0712. The van der Waals surface area contributed by atoms with Crippen LogP contribution in [0.1, 0.15) is 36.4 Å². The summed E-state index contributed by atoms with van der Waals surface area (Å²) < 4.78 is 28.3. The van der Waals surface area contributed by atoms with E-state index in [2.05, 4.69) is 5.10 Å². The van der Waals surface area contributed by atoms with Crippen molar-refractivity contribution in [3.63, 3.8) is 0 Å². The van der Waals surface area contributed by atoms with Gasteiger partial charge in [0.1, 0.15) is 11.6 Å². The van der Waals surface area contributed by atoms with Crippen LogP contribution >= 0.6 is 0 Å². The van der Waals surface area contributed by atoms with Crippen molar-refractivity contribution < 1.29 is 13.9 Å². The van der Waals surface area contributed by atoms with Crippen molar-refractivity contribution in [3.05, 3.63) is 52.3 Å². The van der Waals surface area contributed by atoms with E-state index in [1.165, 1.54) is 12.1 Å². The van der Waals surface area contributed by atoms with E-state index in [0.29, 0.717) is 18.4 Å². The molecule has 0 amide bonds. The Kier molecular flexibility index (Phi) is 4.49. The molecule has 0 radical (unpaired) electrons. The summed E-state index contributed by atoms with van der Waals surface area (Å²) >= 11 is 0. The van der Waals surface area contributed by atoms with E-state index < -0.39 is 11.6 Å². The normalized spacial score (nSPS) is 11.1. The highest BCUT2D eigenvalue weighted by Gasteiger charge is 2.16. The molecule has 1 heterocycles. The van der Waals surface area contributed by atoms with Crippen molar-refractivity contribution in [2.75, 3.05) is 0 Å². The Morgan fingerprint density at radius 3 is 2.50 bits per heavy atom. The molecule has 0 saturated carbocycles. The van der Waals surface area contributed by atoms with E-state index >= 15 is 0 Å². The number of nitrogens with zero attached hydrogens (tertiary/aromatic N) is 2. The summed E-state index contributed by atoms with van der Waals surface area (Å²) in [5, 5.41) is 13.9. The van der Waals surface area contributed by atoms with Gasteiger partial charge in [-0.25, -0.2) is 8.78 Å². The molecular formula is C15H18F2N2O. The monoisotopic (exact) mass is 280 g/mol. The predicted molar refractivity (Wildman–Crippen MR) is 72.4 cm³/mol. The van der Waals surface area contributed by atoms with Gasteiger partial charge in [0.25, 0.3) is 0 Å². The molecule has 0 aliphatic carbocycles. The lowest BCUT2D eigenvalue weighted by atomic mass is 10.1. The SMILES string of the molecule is CCc1nn(Cc2ccc(F)cc2F)c(CC)c1CO. The van der Waals surface area contributed by atoms with Gasteiger partial charge in [0.05, 0.1) is 18.8 Å². The van der Waals surface area contributed by atoms with Crippen LogP contribution in [0.5, 0.6) is 0 Å². The van der Waals surface area contributed by atoms with Crippen LogP contribution in [0.3, 0.4) is 0 Å². The summed E-state index contributed by atoms with van der Waals surface area (Å²) in [7, 11) is 0. The van der Waals surface area contributed by atoms with Crippen LogP contribution in [0.4, 0.5) is 8.78 Å². The molecule has 2 aromatic rings. The Hall–Kier alpha value is -1.75. The predicted octanol–water partition coefficient (Wildman–Crippen LogP) is 2.83. The first-order valence-corrected chi connectivity index (χ1v) is 6.72. The van der Waals surface area contributed by atoms with E-state index in [1.807, 2.05) is 13.8 Å². The molecule has 0 fully saturated rings. The zero-order chi connectivity index (χ0) is 14.7. The first kappa shape index (κ1) is 14.7. The molecule has 2 rings (SSSR count). The number of hydrogen-bond acceptors (Lipinski definition) is 2. The summed E-state index contributed by atoms with van der Waals surface area (Å²) in [5.41, 5.74) is 2.92. The van der Waals surface area contributed by atoms with E-state index in [4.69, 9.17) is 0 Å². The van der Waals surface area contributed by atoms with Crippen molar-refractivity contribution in [3.8, 4) is 0 Å². The number of aromatic nitrogens is 2. The third-order valence-corrected chi connectivity index (χ3v) is 3.41. The summed E-state index contributed by atoms with van der Waals surface area (Å²) in [4.78, 5) is 0. The molecule has 108 valence electrons. The second kappa shape index (κ2) is 6.13. The van der Waals surface area contributed by atoms with Crippen molar-refractivity contribution in [1.82, 2.24) is 9.78 Å². The lowest BCUT2D eigenvalue weighted by Crippen LogP contribution is -2.08. The highest BCUT2D eigenvalue weighted by molar-refractivity contribution is 5.27. The maximum Gasteiger partial charge on any atom is 0.131 e. The number of aliphatic hydroxyl groups excluding tert-OH is 1. The van der Waals surface area contributed by atoms with Crippen LogP contribution in [0, 0.1) is 11.6 Å². The molecule has 1 N–H and O–H groups in total. The summed E-state index contributed by atoms with van der Waals surface area (Å²) in [6, 6.07) is 3.54. The molecule has 1 aromatic heterocycles. The minimum Gasteiger partial charge on any atom is -0.392 e. The molecule has 0 saturated heterocycles. The Morgan fingerprint density at radius 2 is 1.95 bits per heavy atom. The zero-order valence-electron chi connectivity index (χ0n) is 11.7. The van der Waals surface area contributed by atoms with Gasteiger partial charge in [0.15, 0.2) is 0 Å². The fourth-order valence-corrected chi connectivity index (χ4v) is 2.39. The molecule has 5 heteroatoms. The summed E-state index contributed by atoms with van der Waals surface area (Å²) in [6.07, 6.45) is 1.41. The van der Waals surface area contributed by atoms with Crippen molar-refractivity contribution in [2.45, 2.75) is 39.8 Å². The second-order valence-electron chi connectivity index (χ2n) is 4.63. The molecule has 0 spiro atoms. The summed E-state index contributed by atoms with van der Waals surface area (Å²) in [5.74, 6) is -1.17. The Morgan fingerprint density at radius 1 is 1.20 bits per heavy atom. The van der Waals surface area contributed by atoms with Crippen LogP contribution in [0.15, 0.2) is 18.2 Å². The number of benzene rings is 1. The summed E-state index contributed by atoms with van der Waals surface area (Å²) in [6.45, 7) is 4.09. The molecule has 0 aliphatic heterocycles. The van der Waals surface area contributed by atoms with E-state index in [1.54, 1.807) is 4.68 Å². The van der Waals surface area contributed by atoms with E-state index in [0.717, 1.165) is 23.0 Å². The van der Waals surface area contributed by atoms with Gasteiger partial charge in [-0.1, -0.05) is 19.9 Å². The van der Waals surface area contributed by atoms with Gasteiger partial charge < -0.3 is 5.11 Å². The largest absolute Gasteiger partial charge is 0.392 e. The quantitative estimate of drug-likeness (QED) is 0.914. The topological polar surface area (TPSA) is 38.0 Å². The molecular weight excluding hydrogens is 262 g/mol. The first-order chi connectivity index (χ1) is 9.60. The zero-order valence-corrected chi connectivity index (χ0v) is 11.7. The van der Waals surface area contributed by atoms with E-state index in [9.17, 15) is 13.9 Å². The van der Waals surface area contributed by atoms with Gasteiger partial charge in [-0.2, -0.15) is 5.10 Å². The van der Waals surface area contributed by atoms with Crippen LogP contribution in [-0.4, -0.2) is 14.9 Å². The van der Waals surface area contributed by atoms with Gasteiger partial charge in [0.2, 0.25) is 0 Å². The lowest BCUT2D eigenvalue weighted by molar-refractivity contribution is 0.279. The molecule has 0 atom stereocenters. The number of rotatable bonds is 5. The Bertz CT molecular complexity index is 608. The third kappa shape index (κ3) is 2.72. The molecule has 1 aromatic carbocycles. The Balaban J connectivity index is 2.40.